The minimum atomic E-state index is -0.399. The quantitative estimate of drug-likeness (QED) is 0.627. The first-order valence-electron chi connectivity index (χ1n) is 3.96. The van der Waals surface area contributed by atoms with Gasteiger partial charge in [-0.2, -0.15) is 0 Å². The Kier molecular flexibility index (Phi) is 2.40. The molecule has 55 valence electrons. The van der Waals surface area contributed by atoms with Crippen LogP contribution in [0.1, 0.15) is 5.56 Å². The van der Waals surface area contributed by atoms with Crippen LogP contribution in [-0.4, -0.2) is 15.3 Å². The van der Waals surface area contributed by atoms with Crippen molar-refractivity contribution in [3.8, 4) is 0 Å². The molecule has 0 aromatic heterocycles. The molecular weight excluding hydrogens is 211 g/mol. The van der Waals surface area contributed by atoms with E-state index in [1.165, 1.54) is 9.90 Å². The van der Waals surface area contributed by atoms with Gasteiger partial charge in [-0.3, -0.25) is 0 Å². The average Bonchev–Trinajstić information content (AvgIpc) is 2.04. The second kappa shape index (κ2) is 3.34. The summed E-state index contributed by atoms with van der Waals surface area (Å²) in [5.74, 6) is 0. The van der Waals surface area contributed by atoms with Crippen molar-refractivity contribution in [3.63, 3.8) is 0 Å². The number of hydrogen-bond donors (Lipinski definition) is 0. The molecule has 1 aromatic rings. The molecule has 0 spiro atoms. The van der Waals surface area contributed by atoms with Gasteiger partial charge < -0.3 is 0 Å². The van der Waals surface area contributed by atoms with E-state index in [2.05, 4.69) is 36.2 Å². The fraction of sp³-hybridized carbons (Fsp3) is 0.333. The summed E-state index contributed by atoms with van der Waals surface area (Å²) in [6.45, 7) is 1.17. The monoisotopic (exact) mass is 222 g/mol. The van der Waals surface area contributed by atoms with Gasteiger partial charge in [0.1, 0.15) is 0 Å². The summed E-state index contributed by atoms with van der Waals surface area (Å²) in [7, 11) is 2.22. The maximum absolute atomic E-state index is 2.45. The van der Waals surface area contributed by atoms with Crippen LogP contribution in [0, 0.1) is 0 Å². The third-order valence-electron chi connectivity index (χ3n) is 2.12. The molecular formula is C9H11NY. The van der Waals surface area contributed by atoms with Crippen molar-refractivity contribution >= 4 is 2.37 Å². The van der Waals surface area contributed by atoms with Gasteiger partial charge in [0.2, 0.25) is 0 Å². The van der Waals surface area contributed by atoms with E-state index in [1.54, 1.807) is 7.94 Å². The molecule has 0 unspecified atom stereocenters. The molecule has 1 aliphatic heterocycles. The normalized spacial score (nSPS) is 16.5. The number of hydrogen-bond acceptors (Lipinski definition) is 1. The van der Waals surface area contributed by atoms with Gasteiger partial charge in [-0.15, -0.1) is 0 Å². The van der Waals surface area contributed by atoms with Crippen LogP contribution in [0.3, 0.4) is 0 Å². The number of benzene rings is 1. The van der Waals surface area contributed by atoms with Gasteiger partial charge in [-0.05, 0) is 0 Å². The van der Waals surface area contributed by atoms with Gasteiger partial charge in [-0.25, -0.2) is 0 Å². The van der Waals surface area contributed by atoms with Crippen molar-refractivity contribution in [1.29, 1.82) is 0 Å². The second-order valence-electron chi connectivity index (χ2n) is 3.10. The van der Waals surface area contributed by atoms with Crippen LogP contribution in [0.5, 0.6) is 0 Å². The van der Waals surface area contributed by atoms with Crippen LogP contribution < -0.4 is 2.37 Å². The van der Waals surface area contributed by atoms with Crippen LogP contribution in [-0.2, 0) is 35.7 Å². The van der Waals surface area contributed by atoms with Crippen LogP contribution in [0.15, 0.2) is 24.3 Å². The van der Waals surface area contributed by atoms with Crippen LogP contribution >= 0.6 is 0 Å². The van der Waals surface area contributed by atoms with Crippen molar-refractivity contribution in [1.82, 2.24) is 4.90 Å². The van der Waals surface area contributed by atoms with E-state index in [-0.39, 0.29) is 0 Å². The first-order chi connectivity index (χ1) is 5.36. The van der Waals surface area contributed by atoms with Crippen molar-refractivity contribution < 1.29 is 29.2 Å². The fourth-order valence-electron chi connectivity index (χ4n) is 1.49. The van der Waals surface area contributed by atoms with E-state index >= 15 is 0 Å². The summed E-state index contributed by atoms with van der Waals surface area (Å²) in [6.07, 6.45) is 0. The Labute approximate surface area is 82.8 Å². The van der Waals surface area contributed by atoms with Crippen molar-refractivity contribution in [3.05, 3.63) is 29.8 Å². The van der Waals surface area contributed by atoms with Gasteiger partial charge in [0.05, 0.1) is 0 Å². The maximum atomic E-state index is 2.45. The summed E-state index contributed by atoms with van der Waals surface area (Å²) in [4.78, 5) is 2.45. The van der Waals surface area contributed by atoms with E-state index in [1.807, 2.05) is 0 Å². The van der Waals surface area contributed by atoms with Crippen molar-refractivity contribution in [2.75, 3.05) is 10.4 Å². The Bertz CT molecular complexity index is 259. The van der Waals surface area contributed by atoms with Gasteiger partial charge >= 0.3 is 83.3 Å². The van der Waals surface area contributed by atoms with Crippen LogP contribution in [0.25, 0.3) is 0 Å². The first-order valence-corrected chi connectivity index (χ1v) is 7.38. The molecule has 0 N–H and O–H groups in total. The molecule has 1 nitrogen and oxygen atoms in total. The van der Waals surface area contributed by atoms with Gasteiger partial charge in [0, 0.05) is 0 Å². The molecule has 1 aliphatic rings. The Morgan fingerprint density at radius 3 is 3.09 bits per heavy atom. The molecule has 2 rings (SSSR count). The molecule has 0 saturated heterocycles. The Hall–Kier alpha value is 0.284. The predicted octanol–water partition coefficient (Wildman–Crippen LogP) is 0.797. The van der Waals surface area contributed by atoms with E-state index in [0.717, 1.165) is 0 Å². The van der Waals surface area contributed by atoms with Crippen molar-refractivity contribution in [2.45, 2.75) is 6.54 Å². The fourth-order valence-corrected chi connectivity index (χ4v) is 4.77. The van der Waals surface area contributed by atoms with Crippen molar-refractivity contribution in [2.24, 2.45) is 0 Å². The topological polar surface area (TPSA) is 3.24 Å². The van der Waals surface area contributed by atoms with Gasteiger partial charge in [-0.1, -0.05) is 0 Å². The number of nitrogens with zero attached hydrogens (tertiary/aromatic N) is 1. The summed E-state index contributed by atoms with van der Waals surface area (Å²) in [5, 5.41) is 0. The van der Waals surface area contributed by atoms with E-state index in [0.29, 0.717) is 0 Å². The zero-order valence-electron chi connectivity index (χ0n) is 6.75. The van der Waals surface area contributed by atoms with E-state index in [9.17, 15) is 0 Å². The molecule has 0 bridgehead atoms. The number of rotatable bonds is 0. The predicted molar refractivity (Wildman–Crippen MR) is 42.4 cm³/mol. The summed E-state index contributed by atoms with van der Waals surface area (Å²) in [5.41, 5.74) is 1.59. The molecule has 0 atom stereocenters. The summed E-state index contributed by atoms with van der Waals surface area (Å²) < 4.78 is 3.12. The van der Waals surface area contributed by atoms with Gasteiger partial charge in [0.25, 0.3) is 0 Å². The molecule has 1 aromatic carbocycles. The Balaban J connectivity index is 2.34. The zero-order chi connectivity index (χ0) is 7.68. The molecule has 0 radical (unpaired) electrons. The zero-order valence-corrected chi connectivity index (χ0v) is 9.59. The third kappa shape index (κ3) is 1.72. The molecule has 1 heterocycles. The Morgan fingerprint density at radius 2 is 2.18 bits per heavy atom. The molecule has 2 heteroatoms. The second-order valence-corrected chi connectivity index (χ2v) is 6.53. The number of fused-ring (bicyclic) bond motifs is 1. The van der Waals surface area contributed by atoms with Gasteiger partial charge in [0.15, 0.2) is 0 Å². The third-order valence-corrected chi connectivity index (χ3v) is 6.56. The van der Waals surface area contributed by atoms with Crippen LogP contribution in [0.2, 0.25) is 0 Å². The molecule has 0 amide bonds. The van der Waals surface area contributed by atoms with Crippen LogP contribution in [0.4, 0.5) is 0 Å². The van der Waals surface area contributed by atoms with E-state index in [4.69, 9.17) is 0 Å². The minimum absolute atomic E-state index is 0.399. The molecule has 11 heavy (non-hydrogen) atoms. The standard InChI is InChI=1S/C9H11N.Y/c1-10(2)8-9-6-4-3-5-7-9;/h3-6H,1,8H2,2H3;. The average molecular weight is 222 g/mol. The Morgan fingerprint density at radius 1 is 1.36 bits per heavy atom. The first kappa shape index (κ1) is 7.91. The molecule has 0 fully saturated rings. The summed E-state index contributed by atoms with van der Waals surface area (Å²) >= 11 is -0.399. The van der Waals surface area contributed by atoms with E-state index < -0.39 is 29.2 Å². The summed E-state index contributed by atoms with van der Waals surface area (Å²) in [6, 6.07) is 8.93. The molecule has 0 saturated carbocycles. The SMILES string of the molecule is CN1[CH2][Y][c]2ccccc2C1. The molecule has 0 aliphatic carbocycles.